The molecule has 0 bridgehead atoms. The Labute approximate surface area is 176 Å². The number of aromatic nitrogens is 2. The van der Waals surface area contributed by atoms with Crippen LogP contribution >= 0.6 is 0 Å². The maximum Gasteiger partial charge on any atom is 0.191 e. The quantitative estimate of drug-likeness (QED) is 0.305. The standard InChI is InChI=1S/C23H40N6/c1-5-24-23(25-16-11-7-6-8-12-18-28(3)4)26-17-13-19-29-20(2)27-21-14-9-10-15-22(21)29/h9-10,14-15H,5-8,11-13,16-19H2,1-4H3,(H2,24,25,26). The predicted molar refractivity (Wildman–Crippen MR) is 125 cm³/mol. The average molecular weight is 401 g/mol. The van der Waals surface area contributed by atoms with E-state index in [0.29, 0.717) is 0 Å². The van der Waals surface area contributed by atoms with Crippen molar-refractivity contribution in [2.24, 2.45) is 4.99 Å². The van der Waals surface area contributed by atoms with Crippen LogP contribution in [0, 0.1) is 6.92 Å². The summed E-state index contributed by atoms with van der Waals surface area (Å²) >= 11 is 0. The van der Waals surface area contributed by atoms with Gasteiger partial charge in [0.25, 0.3) is 0 Å². The Bertz CT molecular complexity index is 734. The summed E-state index contributed by atoms with van der Waals surface area (Å²) in [5, 5.41) is 6.83. The first-order valence-electron chi connectivity index (χ1n) is 11.2. The second-order valence-electron chi connectivity index (χ2n) is 7.91. The first kappa shape index (κ1) is 23.2. The maximum atomic E-state index is 4.74. The van der Waals surface area contributed by atoms with E-state index in [0.717, 1.165) is 49.9 Å². The first-order valence-corrected chi connectivity index (χ1v) is 11.2. The number of fused-ring (bicyclic) bond motifs is 1. The maximum absolute atomic E-state index is 4.74. The highest BCUT2D eigenvalue weighted by Gasteiger charge is 2.06. The van der Waals surface area contributed by atoms with Crippen molar-refractivity contribution in [2.45, 2.75) is 58.9 Å². The molecule has 0 spiro atoms. The van der Waals surface area contributed by atoms with E-state index in [9.17, 15) is 0 Å². The molecule has 29 heavy (non-hydrogen) atoms. The van der Waals surface area contributed by atoms with E-state index in [1.165, 1.54) is 44.2 Å². The normalized spacial score (nSPS) is 12.1. The van der Waals surface area contributed by atoms with Gasteiger partial charge in [-0.1, -0.05) is 31.4 Å². The minimum absolute atomic E-state index is 0.811. The molecule has 1 heterocycles. The van der Waals surface area contributed by atoms with Crippen molar-refractivity contribution in [1.82, 2.24) is 25.1 Å². The summed E-state index contributed by atoms with van der Waals surface area (Å²) in [7, 11) is 4.29. The summed E-state index contributed by atoms with van der Waals surface area (Å²) in [6.07, 6.45) is 7.44. The average Bonchev–Trinajstić information content (AvgIpc) is 3.02. The van der Waals surface area contributed by atoms with Crippen molar-refractivity contribution in [1.29, 1.82) is 0 Å². The lowest BCUT2D eigenvalue weighted by molar-refractivity contribution is 0.389. The summed E-state index contributed by atoms with van der Waals surface area (Å²) in [4.78, 5) is 11.6. The molecule has 0 aliphatic heterocycles. The zero-order valence-electron chi connectivity index (χ0n) is 18.9. The van der Waals surface area contributed by atoms with Crippen molar-refractivity contribution in [3.8, 4) is 0 Å². The van der Waals surface area contributed by atoms with E-state index in [1.54, 1.807) is 0 Å². The van der Waals surface area contributed by atoms with Gasteiger partial charge in [-0.2, -0.15) is 0 Å². The minimum Gasteiger partial charge on any atom is -0.357 e. The summed E-state index contributed by atoms with van der Waals surface area (Å²) < 4.78 is 2.29. The molecule has 0 radical (unpaired) electrons. The predicted octanol–water partition coefficient (Wildman–Crippen LogP) is 3.80. The van der Waals surface area contributed by atoms with Gasteiger partial charge in [0.15, 0.2) is 5.96 Å². The molecule has 2 rings (SSSR count). The molecule has 2 aromatic rings. The number of benzene rings is 1. The molecule has 0 atom stereocenters. The summed E-state index contributed by atoms with van der Waals surface area (Å²) in [6, 6.07) is 8.34. The number of hydrogen-bond donors (Lipinski definition) is 2. The van der Waals surface area contributed by atoms with Gasteiger partial charge in [0.1, 0.15) is 5.82 Å². The molecule has 0 fully saturated rings. The lowest BCUT2D eigenvalue weighted by atomic mass is 10.1. The zero-order valence-corrected chi connectivity index (χ0v) is 18.9. The van der Waals surface area contributed by atoms with Gasteiger partial charge < -0.3 is 20.1 Å². The van der Waals surface area contributed by atoms with Crippen LogP contribution in [0.5, 0.6) is 0 Å². The molecule has 6 heteroatoms. The molecule has 0 unspecified atom stereocenters. The van der Waals surface area contributed by atoms with Gasteiger partial charge in [0.05, 0.1) is 11.0 Å². The molecule has 1 aromatic heterocycles. The lowest BCUT2D eigenvalue weighted by Crippen LogP contribution is -2.37. The highest BCUT2D eigenvalue weighted by Crippen LogP contribution is 2.15. The van der Waals surface area contributed by atoms with E-state index in [-0.39, 0.29) is 0 Å². The Morgan fingerprint density at radius 3 is 2.59 bits per heavy atom. The number of guanidine groups is 1. The van der Waals surface area contributed by atoms with Crippen molar-refractivity contribution in [3.63, 3.8) is 0 Å². The number of unbranched alkanes of at least 4 members (excludes halogenated alkanes) is 4. The van der Waals surface area contributed by atoms with Gasteiger partial charge in [-0.05, 0) is 65.9 Å². The molecule has 0 amide bonds. The largest absolute Gasteiger partial charge is 0.357 e. The molecule has 0 saturated heterocycles. The van der Waals surface area contributed by atoms with Crippen molar-refractivity contribution in [3.05, 3.63) is 30.1 Å². The fourth-order valence-electron chi connectivity index (χ4n) is 3.53. The van der Waals surface area contributed by atoms with Crippen LogP contribution in [0.25, 0.3) is 11.0 Å². The molecule has 0 saturated carbocycles. The van der Waals surface area contributed by atoms with Crippen LogP contribution in [-0.4, -0.2) is 60.7 Å². The fourth-order valence-corrected chi connectivity index (χ4v) is 3.53. The topological polar surface area (TPSA) is 57.5 Å². The monoisotopic (exact) mass is 400 g/mol. The number of rotatable bonds is 13. The Balaban J connectivity index is 1.67. The smallest absolute Gasteiger partial charge is 0.191 e. The molecular weight excluding hydrogens is 360 g/mol. The Kier molecular flexibility index (Phi) is 10.6. The van der Waals surface area contributed by atoms with Crippen molar-refractivity contribution in [2.75, 3.05) is 40.3 Å². The van der Waals surface area contributed by atoms with Crippen LogP contribution in [0.15, 0.2) is 29.3 Å². The highest BCUT2D eigenvalue weighted by molar-refractivity contribution is 5.79. The number of nitrogens with one attached hydrogen (secondary N) is 2. The van der Waals surface area contributed by atoms with Crippen LogP contribution < -0.4 is 10.6 Å². The van der Waals surface area contributed by atoms with Crippen LogP contribution in [0.3, 0.4) is 0 Å². The van der Waals surface area contributed by atoms with E-state index < -0.39 is 0 Å². The minimum atomic E-state index is 0.811. The third-order valence-corrected chi connectivity index (χ3v) is 5.07. The van der Waals surface area contributed by atoms with E-state index in [1.807, 2.05) is 6.07 Å². The molecule has 6 nitrogen and oxygen atoms in total. The Morgan fingerprint density at radius 1 is 1.03 bits per heavy atom. The highest BCUT2D eigenvalue weighted by atomic mass is 15.2. The van der Waals surface area contributed by atoms with E-state index >= 15 is 0 Å². The number of aryl methyl sites for hydroxylation is 2. The van der Waals surface area contributed by atoms with Gasteiger partial charge in [0, 0.05) is 26.2 Å². The summed E-state index contributed by atoms with van der Waals surface area (Å²) in [5.41, 5.74) is 2.29. The molecule has 2 N–H and O–H groups in total. The second kappa shape index (κ2) is 13.2. The number of para-hydroxylation sites is 2. The van der Waals surface area contributed by atoms with Crippen molar-refractivity contribution >= 4 is 17.0 Å². The van der Waals surface area contributed by atoms with Gasteiger partial charge >= 0.3 is 0 Å². The van der Waals surface area contributed by atoms with Gasteiger partial charge in [-0.15, -0.1) is 0 Å². The van der Waals surface area contributed by atoms with Crippen LogP contribution in [-0.2, 0) is 6.54 Å². The molecule has 0 aliphatic rings. The molecule has 0 aliphatic carbocycles. The number of aliphatic imine (C=N–C) groups is 1. The summed E-state index contributed by atoms with van der Waals surface area (Å²) in [5.74, 6) is 2.01. The van der Waals surface area contributed by atoms with E-state index in [4.69, 9.17) is 4.99 Å². The Hall–Kier alpha value is -2.08. The van der Waals surface area contributed by atoms with Gasteiger partial charge in [0.2, 0.25) is 0 Å². The fraction of sp³-hybridized carbons (Fsp3) is 0.652. The number of nitrogens with zero attached hydrogens (tertiary/aromatic N) is 4. The third kappa shape index (κ3) is 8.44. The molecular formula is C23H40N6. The molecule has 1 aromatic carbocycles. The zero-order chi connectivity index (χ0) is 20.9. The first-order chi connectivity index (χ1) is 14.1. The van der Waals surface area contributed by atoms with Crippen LogP contribution in [0.4, 0.5) is 0 Å². The van der Waals surface area contributed by atoms with E-state index in [2.05, 4.69) is 71.2 Å². The molecule has 162 valence electrons. The van der Waals surface area contributed by atoms with Crippen molar-refractivity contribution < 1.29 is 0 Å². The number of imidazole rings is 1. The SMILES string of the molecule is CCNC(=NCCCn1c(C)nc2ccccc21)NCCCCCCCN(C)C. The van der Waals surface area contributed by atoms with Gasteiger partial charge in [-0.25, -0.2) is 4.98 Å². The third-order valence-electron chi connectivity index (χ3n) is 5.07. The lowest BCUT2D eigenvalue weighted by Gasteiger charge is -2.12. The van der Waals surface area contributed by atoms with Crippen LogP contribution in [0.1, 0.15) is 51.3 Å². The Morgan fingerprint density at radius 2 is 1.79 bits per heavy atom. The van der Waals surface area contributed by atoms with Crippen LogP contribution in [0.2, 0.25) is 0 Å². The number of hydrogen-bond acceptors (Lipinski definition) is 3. The summed E-state index contributed by atoms with van der Waals surface area (Å²) in [6.45, 7) is 9.03. The van der Waals surface area contributed by atoms with Gasteiger partial charge in [-0.3, -0.25) is 4.99 Å². The second-order valence-corrected chi connectivity index (χ2v) is 7.91.